The lowest BCUT2D eigenvalue weighted by Crippen LogP contribution is -2.08. The van der Waals surface area contributed by atoms with E-state index in [4.69, 9.17) is 17.0 Å². The van der Waals surface area contributed by atoms with Gasteiger partial charge in [-0.15, -0.1) is 0 Å². The molecule has 5 heteroatoms. The van der Waals surface area contributed by atoms with Crippen molar-refractivity contribution in [2.24, 2.45) is 0 Å². The monoisotopic (exact) mass is 326 g/mol. The Morgan fingerprint density at radius 1 is 1.44 bits per heavy atom. The fraction of sp³-hybridized carbons (Fsp3) is 0.462. The van der Waals surface area contributed by atoms with Gasteiger partial charge < -0.3 is 14.3 Å². The van der Waals surface area contributed by atoms with E-state index < -0.39 is 0 Å². The Morgan fingerprint density at radius 3 is 3.00 bits per heavy atom. The van der Waals surface area contributed by atoms with Gasteiger partial charge >= 0.3 is 0 Å². The molecule has 0 bridgehead atoms. The molecule has 1 heterocycles. The zero-order valence-corrected chi connectivity index (χ0v) is 12.6. The van der Waals surface area contributed by atoms with Gasteiger partial charge in [0.25, 0.3) is 0 Å². The zero-order chi connectivity index (χ0) is 12.7. The predicted molar refractivity (Wildman–Crippen MR) is 78.5 cm³/mol. The Kier molecular flexibility index (Phi) is 3.30. The van der Waals surface area contributed by atoms with Gasteiger partial charge in [0.2, 0.25) is 0 Å². The molecular formula is C13H15BrN2OS. The molecule has 1 fully saturated rings. The third-order valence-electron chi connectivity index (χ3n) is 3.73. The summed E-state index contributed by atoms with van der Waals surface area (Å²) >= 11 is 8.95. The highest BCUT2D eigenvalue weighted by atomic mass is 79.9. The second-order valence-electron chi connectivity index (χ2n) is 4.79. The molecule has 2 aromatic rings. The molecule has 0 saturated heterocycles. The third-order valence-corrected chi connectivity index (χ3v) is 4.53. The SMILES string of the molecule is COC1CCC(n2c(=S)[nH]c3cc(Br)ccc32)C1. The Balaban J connectivity index is 2.07. The summed E-state index contributed by atoms with van der Waals surface area (Å²) in [5, 5.41) is 0. The molecule has 1 aromatic heterocycles. The number of ether oxygens (including phenoxy) is 1. The molecule has 1 N–H and O–H groups in total. The van der Waals surface area contributed by atoms with Gasteiger partial charge in [0.05, 0.1) is 17.1 Å². The number of halogens is 1. The van der Waals surface area contributed by atoms with E-state index in [-0.39, 0.29) is 0 Å². The molecule has 0 spiro atoms. The number of nitrogens with one attached hydrogen (secondary N) is 1. The maximum absolute atomic E-state index is 5.46. The first-order valence-electron chi connectivity index (χ1n) is 6.11. The molecule has 3 rings (SSSR count). The number of nitrogens with zero attached hydrogens (tertiary/aromatic N) is 1. The highest BCUT2D eigenvalue weighted by molar-refractivity contribution is 9.10. The van der Waals surface area contributed by atoms with Gasteiger partial charge in [-0.1, -0.05) is 15.9 Å². The molecule has 2 unspecified atom stereocenters. The lowest BCUT2D eigenvalue weighted by Gasteiger charge is -2.13. The van der Waals surface area contributed by atoms with Gasteiger partial charge in [0, 0.05) is 17.6 Å². The third kappa shape index (κ3) is 2.04. The van der Waals surface area contributed by atoms with Crippen molar-refractivity contribution in [3.8, 4) is 0 Å². The van der Waals surface area contributed by atoms with Crippen molar-refractivity contribution in [1.29, 1.82) is 0 Å². The van der Waals surface area contributed by atoms with E-state index in [1.807, 2.05) is 0 Å². The van der Waals surface area contributed by atoms with Crippen molar-refractivity contribution in [3.05, 3.63) is 27.4 Å². The topological polar surface area (TPSA) is 29.9 Å². The standard InChI is InChI=1S/C13H15BrN2OS/c1-17-10-4-3-9(7-10)16-12-5-2-8(14)6-11(12)15-13(16)18/h2,5-6,9-10H,3-4,7H2,1H3,(H,15,18). The van der Waals surface area contributed by atoms with E-state index >= 15 is 0 Å². The minimum Gasteiger partial charge on any atom is -0.381 e. The quantitative estimate of drug-likeness (QED) is 0.838. The van der Waals surface area contributed by atoms with Crippen LogP contribution in [0.2, 0.25) is 0 Å². The smallest absolute Gasteiger partial charge is 0.178 e. The average Bonchev–Trinajstić information content (AvgIpc) is 2.91. The van der Waals surface area contributed by atoms with E-state index in [2.05, 4.69) is 43.7 Å². The summed E-state index contributed by atoms with van der Waals surface area (Å²) in [6.45, 7) is 0. The second-order valence-corrected chi connectivity index (χ2v) is 6.09. The minimum absolute atomic E-state index is 0.372. The van der Waals surface area contributed by atoms with Crippen molar-refractivity contribution in [2.45, 2.75) is 31.4 Å². The van der Waals surface area contributed by atoms with Crippen LogP contribution in [0.3, 0.4) is 0 Å². The summed E-state index contributed by atoms with van der Waals surface area (Å²) in [5.74, 6) is 0. The molecule has 1 saturated carbocycles. The molecule has 3 nitrogen and oxygen atoms in total. The van der Waals surface area contributed by atoms with Crippen LogP contribution < -0.4 is 0 Å². The lowest BCUT2D eigenvalue weighted by molar-refractivity contribution is 0.106. The summed E-state index contributed by atoms with van der Waals surface area (Å²) in [6, 6.07) is 6.71. The normalized spacial score (nSPS) is 23.9. The van der Waals surface area contributed by atoms with Crippen LogP contribution in [-0.4, -0.2) is 22.8 Å². The molecule has 1 aromatic carbocycles. The van der Waals surface area contributed by atoms with Crippen LogP contribution in [0.1, 0.15) is 25.3 Å². The van der Waals surface area contributed by atoms with Crippen molar-refractivity contribution < 1.29 is 4.74 Å². The maximum atomic E-state index is 5.46. The molecular weight excluding hydrogens is 312 g/mol. The molecule has 2 atom stereocenters. The van der Waals surface area contributed by atoms with Crippen molar-refractivity contribution >= 4 is 39.2 Å². The van der Waals surface area contributed by atoms with Gasteiger partial charge in [-0.05, 0) is 49.7 Å². The highest BCUT2D eigenvalue weighted by Gasteiger charge is 2.27. The number of aromatic nitrogens is 2. The number of H-pyrrole nitrogens is 1. The number of aromatic amines is 1. The minimum atomic E-state index is 0.372. The first-order valence-corrected chi connectivity index (χ1v) is 7.31. The van der Waals surface area contributed by atoms with Crippen LogP contribution in [0, 0.1) is 4.77 Å². The number of fused-ring (bicyclic) bond motifs is 1. The van der Waals surface area contributed by atoms with Crippen molar-refractivity contribution in [3.63, 3.8) is 0 Å². The lowest BCUT2D eigenvalue weighted by atomic mass is 10.2. The van der Waals surface area contributed by atoms with E-state index in [9.17, 15) is 0 Å². The summed E-state index contributed by atoms with van der Waals surface area (Å²) in [6.07, 6.45) is 3.67. The first kappa shape index (κ1) is 12.4. The molecule has 1 aliphatic carbocycles. The summed E-state index contributed by atoms with van der Waals surface area (Å²) in [4.78, 5) is 3.28. The Bertz CT molecular complexity index is 633. The van der Waals surface area contributed by atoms with Crippen LogP contribution in [0.4, 0.5) is 0 Å². The summed E-state index contributed by atoms with van der Waals surface area (Å²) in [5.41, 5.74) is 2.28. The highest BCUT2D eigenvalue weighted by Crippen LogP contribution is 2.34. The van der Waals surface area contributed by atoms with Gasteiger partial charge in [0.1, 0.15) is 0 Å². The Hall–Kier alpha value is -0.650. The Morgan fingerprint density at radius 2 is 2.28 bits per heavy atom. The van der Waals surface area contributed by atoms with E-state index in [1.54, 1.807) is 7.11 Å². The Labute approximate surface area is 119 Å². The van der Waals surface area contributed by atoms with E-state index in [0.717, 1.165) is 34.0 Å². The van der Waals surface area contributed by atoms with Gasteiger partial charge in [-0.25, -0.2) is 0 Å². The van der Waals surface area contributed by atoms with Crippen LogP contribution in [0.25, 0.3) is 11.0 Å². The molecule has 0 radical (unpaired) electrons. The zero-order valence-electron chi connectivity index (χ0n) is 10.1. The second kappa shape index (κ2) is 4.79. The number of methoxy groups -OCH3 is 1. The fourth-order valence-electron chi connectivity index (χ4n) is 2.83. The number of imidazole rings is 1. The number of hydrogen-bond acceptors (Lipinski definition) is 2. The molecule has 18 heavy (non-hydrogen) atoms. The number of hydrogen-bond donors (Lipinski definition) is 1. The molecule has 0 aliphatic heterocycles. The molecule has 0 amide bonds. The average molecular weight is 327 g/mol. The van der Waals surface area contributed by atoms with Crippen molar-refractivity contribution in [1.82, 2.24) is 9.55 Å². The first-order chi connectivity index (χ1) is 8.69. The predicted octanol–water partition coefficient (Wildman–Crippen LogP) is 4.20. The van der Waals surface area contributed by atoms with Crippen LogP contribution in [0.5, 0.6) is 0 Å². The van der Waals surface area contributed by atoms with E-state index in [1.165, 1.54) is 5.52 Å². The summed E-state index contributed by atoms with van der Waals surface area (Å²) < 4.78 is 9.57. The summed E-state index contributed by atoms with van der Waals surface area (Å²) in [7, 11) is 1.79. The largest absolute Gasteiger partial charge is 0.381 e. The van der Waals surface area contributed by atoms with E-state index in [0.29, 0.717) is 12.1 Å². The maximum Gasteiger partial charge on any atom is 0.178 e. The van der Waals surface area contributed by atoms with Gasteiger partial charge in [-0.3, -0.25) is 0 Å². The van der Waals surface area contributed by atoms with Crippen LogP contribution >= 0.6 is 28.1 Å². The van der Waals surface area contributed by atoms with Gasteiger partial charge in [0.15, 0.2) is 4.77 Å². The fourth-order valence-corrected chi connectivity index (χ4v) is 3.55. The van der Waals surface area contributed by atoms with Crippen LogP contribution in [-0.2, 0) is 4.74 Å². The van der Waals surface area contributed by atoms with Crippen molar-refractivity contribution in [2.75, 3.05) is 7.11 Å². The number of benzene rings is 1. The molecule has 1 aliphatic rings. The van der Waals surface area contributed by atoms with Crippen LogP contribution in [0.15, 0.2) is 22.7 Å². The number of rotatable bonds is 2. The van der Waals surface area contributed by atoms with Gasteiger partial charge in [-0.2, -0.15) is 0 Å². The molecule has 96 valence electrons.